The molecule has 20 heavy (non-hydrogen) atoms. The number of H-pyrrole nitrogens is 1. The molecule has 0 fully saturated rings. The van der Waals surface area contributed by atoms with Gasteiger partial charge in [0.15, 0.2) is 0 Å². The van der Waals surface area contributed by atoms with E-state index in [1.165, 1.54) is 0 Å². The van der Waals surface area contributed by atoms with Crippen LogP contribution in [-0.4, -0.2) is 30.5 Å². The van der Waals surface area contributed by atoms with Crippen molar-refractivity contribution >= 4 is 23.0 Å². The molecule has 2 N–H and O–H groups in total. The molecule has 102 valence electrons. The third-order valence-electron chi connectivity index (χ3n) is 2.28. The van der Waals surface area contributed by atoms with E-state index in [0.717, 1.165) is 18.2 Å². The van der Waals surface area contributed by atoms with Crippen LogP contribution in [0.2, 0.25) is 0 Å². The van der Waals surface area contributed by atoms with E-state index in [-0.39, 0.29) is 17.2 Å². The van der Waals surface area contributed by atoms with E-state index in [9.17, 15) is 20.2 Å². The molecule has 0 spiro atoms. The lowest BCUT2D eigenvalue weighted by Crippen LogP contribution is -2.01. The number of benzene rings is 1. The number of nitrogens with one attached hydrogen (secondary N) is 2. The number of nitro benzene ring substituents is 2. The topological polar surface area (TPSA) is 153 Å². The Bertz CT molecular complexity index is 649. The van der Waals surface area contributed by atoms with Gasteiger partial charge >= 0.3 is 0 Å². The Labute approximate surface area is 110 Å². The molecule has 0 saturated carbocycles. The van der Waals surface area contributed by atoms with Crippen molar-refractivity contribution < 1.29 is 9.85 Å². The van der Waals surface area contributed by atoms with Crippen LogP contribution >= 0.6 is 0 Å². The van der Waals surface area contributed by atoms with Crippen molar-refractivity contribution in [3.05, 3.63) is 50.6 Å². The fourth-order valence-corrected chi connectivity index (χ4v) is 1.40. The molecule has 0 aliphatic rings. The van der Waals surface area contributed by atoms with Gasteiger partial charge in [-0.15, -0.1) is 5.10 Å². The summed E-state index contributed by atoms with van der Waals surface area (Å²) in [6, 6.07) is 3.18. The lowest BCUT2D eigenvalue weighted by molar-refractivity contribution is -0.394. The highest BCUT2D eigenvalue weighted by molar-refractivity contribution is 5.75. The monoisotopic (exact) mass is 277 g/mol. The first kappa shape index (κ1) is 13.1. The zero-order chi connectivity index (χ0) is 14.7. The third kappa shape index (κ3) is 2.72. The molecular formula is C9H7N7O4. The van der Waals surface area contributed by atoms with E-state index in [1.54, 1.807) is 0 Å². The molecule has 0 unspecified atom stereocenters. The van der Waals surface area contributed by atoms with Gasteiger partial charge in [0.25, 0.3) is 17.3 Å². The van der Waals surface area contributed by atoms with E-state index in [4.69, 9.17) is 0 Å². The van der Waals surface area contributed by atoms with Crippen molar-refractivity contribution in [1.82, 2.24) is 20.6 Å². The normalized spacial score (nSPS) is 10.0. The summed E-state index contributed by atoms with van der Waals surface area (Å²) in [5.41, 5.74) is -0.482. The number of anilines is 1. The summed E-state index contributed by atoms with van der Waals surface area (Å²) in [7, 11) is 0. The SMILES string of the molecule is C=C(Nc1nn[nH]n1)c1cc([N+](=O)[O-])cc([N+](=O)[O-])c1. The van der Waals surface area contributed by atoms with Gasteiger partial charge in [-0.3, -0.25) is 20.2 Å². The molecule has 2 rings (SSSR count). The number of rotatable bonds is 5. The smallest absolute Gasteiger partial charge is 0.276 e. The Kier molecular flexibility index (Phi) is 3.33. The van der Waals surface area contributed by atoms with Gasteiger partial charge in [-0.25, -0.2) is 0 Å². The number of non-ortho nitro benzene ring substituents is 2. The minimum Gasteiger partial charge on any atom is -0.322 e. The predicted molar refractivity (Wildman–Crippen MR) is 66.6 cm³/mol. The molecular weight excluding hydrogens is 270 g/mol. The molecule has 2 aromatic rings. The van der Waals surface area contributed by atoms with E-state index in [1.807, 2.05) is 0 Å². The summed E-state index contributed by atoms with van der Waals surface area (Å²) in [6.07, 6.45) is 0. The van der Waals surface area contributed by atoms with Crippen molar-refractivity contribution in [2.24, 2.45) is 0 Å². The van der Waals surface area contributed by atoms with E-state index in [2.05, 4.69) is 32.5 Å². The lowest BCUT2D eigenvalue weighted by Gasteiger charge is -2.05. The summed E-state index contributed by atoms with van der Waals surface area (Å²) in [6.45, 7) is 3.62. The first-order chi connectivity index (χ1) is 9.47. The molecule has 0 amide bonds. The molecule has 11 heteroatoms. The zero-order valence-electron chi connectivity index (χ0n) is 9.81. The van der Waals surface area contributed by atoms with Crippen LogP contribution in [0.25, 0.3) is 5.70 Å². The molecule has 11 nitrogen and oxygen atoms in total. The largest absolute Gasteiger partial charge is 0.322 e. The van der Waals surface area contributed by atoms with Crippen molar-refractivity contribution in [3.63, 3.8) is 0 Å². The Hall–Kier alpha value is -3.37. The van der Waals surface area contributed by atoms with Crippen molar-refractivity contribution in [2.45, 2.75) is 0 Å². The first-order valence-corrected chi connectivity index (χ1v) is 5.11. The molecule has 1 aromatic heterocycles. The Balaban J connectivity index is 2.37. The number of tetrazole rings is 1. The summed E-state index contributed by atoms with van der Waals surface area (Å²) in [5.74, 6) is 0.0872. The number of hydrogen-bond acceptors (Lipinski definition) is 8. The minimum absolute atomic E-state index is 0.0872. The molecule has 1 aromatic carbocycles. The standard InChI is InChI=1S/C9H7N7O4/c1-5(10-9-11-13-14-12-9)6-2-7(15(17)18)4-8(3-6)16(19)20/h2-4H,1H2,(H2,10,11,12,13,14). The number of aromatic nitrogens is 4. The predicted octanol–water partition coefficient (Wildman–Crippen LogP) is 1.10. The van der Waals surface area contributed by atoms with Crippen LogP contribution in [-0.2, 0) is 0 Å². The van der Waals surface area contributed by atoms with Gasteiger partial charge < -0.3 is 5.32 Å². The van der Waals surface area contributed by atoms with Gasteiger partial charge in [0.2, 0.25) is 0 Å². The van der Waals surface area contributed by atoms with Crippen molar-refractivity contribution in [3.8, 4) is 0 Å². The van der Waals surface area contributed by atoms with Gasteiger partial charge in [0, 0.05) is 23.4 Å². The maximum atomic E-state index is 10.8. The van der Waals surface area contributed by atoms with Gasteiger partial charge in [0.1, 0.15) is 0 Å². The highest BCUT2D eigenvalue weighted by Crippen LogP contribution is 2.26. The lowest BCUT2D eigenvalue weighted by atomic mass is 10.1. The molecule has 0 aliphatic heterocycles. The van der Waals surface area contributed by atoms with Crippen LogP contribution < -0.4 is 5.32 Å². The van der Waals surface area contributed by atoms with Gasteiger partial charge in [-0.1, -0.05) is 11.7 Å². The number of aromatic amines is 1. The number of hydrogen-bond donors (Lipinski definition) is 2. The van der Waals surface area contributed by atoms with E-state index < -0.39 is 21.2 Å². The second kappa shape index (κ2) is 5.09. The summed E-state index contributed by atoms with van der Waals surface area (Å²) in [5, 5.41) is 36.9. The van der Waals surface area contributed by atoms with Crippen LogP contribution in [0.5, 0.6) is 0 Å². The highest BCUT2D eigenvalue weighted by Gasteiger charge is 2.18. The second-order valence-corrected chi connectivity index (χ2v) is 3.59. The summed E-state index contributed by atoms with van der Waals surface area (Å²) in [4.78, 5) is 20.1. The molecule has 0 aliphatic carbocycles. The van der Waals surface area contributed by atoms with Crippen LogP contribution in [0, 0.1) is 20.2 Å². The molecule has 0 saturated heterocycles. The second-order valence-electron chi connectivity index (χ2n) is 3.59. The maximum Gasteiger partial charge on any atom is 0.276 e. The average Bonchev–Trinajstić information content (AvgIpc) is 2.90. The van der Waals surface area contributed by atoms with Crippen LogP contribution in [0.4, 0.5) is 17.3 Å². The Morgan fingerprint density at radius 2 is 1.80 bits per heavy atom. The Morgan fingerprint density at radius 3 is 2.25 bits per heavy atom. The van der Waals surface area contributed by atoms with E-state index in [0.29, 0.717) is 0 Å². The van der Waals surface area contributed by atoms with Crippen molar-refractivity contribution in [1.29, 1.82) is 0 Å². The fraction of sp³-hybridized carbons (Fsp3) is 0. The minimum atomic E-state index is -0.724. The molecule has 1 heterocycles. The quantitative estimate of drug-likeness (QED) is 0.608. The van der Waals surface area contributed by atoms with Crippen LogP contribution in [0.15, 0.2) is 24.8 Å². The van der Waals surface area contributed by atoms with Gasteiger partial charge in [-0.2, -0.15) is 5.21 Å². The van der Waals surface area contributed by atoms with Crippen molar-refractivity contribution in [2.75, 3.05) is 5.32 Å². The average molecular weight is 277 g/mol. The van der Waals surface area contributed by atoms with Gasteiger partial charge in [0.05, 0.1) is 15.9 Å². The highest BCUT2D eigenvalue weighted by atomic mass is 16.6. The Morgan fingerprint density at radius 1 is 1.20 bits per heavy atom. The summed E-state index contributed by atoms with van der Waals surface area (Å²) >= 11 is 0. The zero-order valence-corrected chi connectivity index (χ0v) is 9.81. The first-order valence-electron chi connectivity index (χ1n) is 5.11. The molecule has 0 bridgehead atoms. The van der Waals surface area contributed by atoms with E-state index >= 15 is 0 Å². The van der Waals surface area contributed by atoms with Crippen LogP contribution in [0.3, 0.4) is 0 Å². The molecule has 0 radical (unpaired) electrons. The van der Waals surface area contributed by atoms with Crippen LogP contribution in [0.1, 0.15) is 5.56 Å². The third-order valence-corrected chi connectivity index (χ3v) is 2.28. The number of nitro groups is 2. The van der Waals surface area contributed by atoms with Gasteiger partial charge in [-0.05, 0) is 5.21 Å². The maximum absolute atomic E-state index is 10.8. The summed E-state index contributed by atoms with van der Waals surface area (Å²) < 4.78 is 0. The molecule has 0 atom stereocenters. The number of nitrogens with zero attached hydrogens (tertiary/aromatic N) is 5. The fourth-order valence-electron chi connectivity index (χ4n) is 1.40.